The van der Waals surface area contributed by atoms with Gasteiger partial charge in [-0.1, -0.05) is 36.4 Å². The summed E-state index contributed by atoms with van der Waals surface area (Å²) in [4.78, 5) is 37.7. The van der Waals surface area contributed by atoms with Gasteiger partial charge in [0.2, 0.25) is 5.91 Å². The van der Waals surface area contributed by atoms with Gasteiger partial charge in [-0.2, -0.15) is 0 Å². The summed E-state index contributed by atoms with van der Waals surface area (Å²) in [5, 5.41) is 2.90. The van der Waals surface area contributed by atoms with E-state index in [0.717, 1.165) is 6.42 Å². The minimum atomic E-state index is -0.273. The molecule has 3 amide bonds. The Morgan fingerprint density at radius 2 is 1.58 bits per heavy atom. The maximum absolute atomic E-state index is 12.2. The van der Waals surface area contributed by atoms with Gasteiger partial charge in [0.05, 0.1) is 11.1 Å². The van der Waals surface area contributed by atoms with Gasteiger partial charge < -0.3 is 5.32 Å². The van der Waals surface area contributed by atoms with Crippen LogP contribution in [0.3, 0.4) is 0 Å². The third-order valence-corrected chi connectivity index (χ3v) is 4.64. The summed E-state index contributed by atoms with van der Waals surface area (Å²) < 4.78 is 0. The van der Waals surface area contributed by atoms with Gasteiger partial charge in [0.1, 0.15) is 0 Å². The van der Waals surface area contributed by atoms with Gasteiger partial charge in [-0.15, -0.1) is 0 Å². The molecule has 0 aromatic heterocycles. The largest absolute Gasteiger partial charge is 0.356 e. The van der Waals surface area contributed by atoms with Gasteiger partial charge >= 0.3 is 0 Å². The van der Waals surface area contributed by atoms with Crippen LogP contribution in [0.2, 0.25) is 0 Å². The van der Waals surface area contributed by atoms with Gasteiger partial charge in [-0.3, -0.25) is 19.3 Å². The average Bonchev–Trinajstić information content (AvgIpc) is 2.88. The molecule has 0 atom stereocenters. The quantitative estimate of drug-likeness (QED) is 0.781. The van der Waals surface area contributed by atoms with Crippen molar-refractivity contribution >= 4 is 17.7 Å². The van der Waals surface area contributed by atoms with Crippen molar-refractivity contribution in [1.29, 1.82) is 0 Å². The van der Waals surface area contributed by atoms with Crippen molar-refractivity contribution in [3.05, 3.63) is 70.8 Å². The van der Waals surface area contributed by atoms with Crippen LogP contribution in [-0.4, -0.2) is 35.7 Å². The molecule has 0 unspecified atom stereocenters. The third-order valence-electron chi connectivity index (χ3n) is 4.64. The van der Waals surface area contributed by atoms with Crippen LogP contribution in [-0.2, 0) is 11.2 Å². The molecule has 0 radical (unpaired) electrons. The van der Waals surface area contributed by atoms with E-state index in [4.69, 9.17) is 0 Å². The Kier molecular flexibility index (Phi) is 5.46. The highest BCUT2D eigenvalue weighted by Gasteiger charge is 2.34. The summed E-state index contributed by atoms with van der Waals surface area (Å²) in [5.41, 5.74) is 3.33. The monoisotopic (exact) mass is 350 g/mol. The zero-order chi connectivity index (χ0) is 18.5. The van der Waals surface area contributed by atoms with E-state index in [9.17, 15) is 14.4 Å². The highest BCUT2D eigenvalue weighted by atomic mass is 16.2. The summed E-state index contributed by atoms with van der Waals surface area (Å²) >= 11 is 0. The molecule has 0 saturated carbocycles. The van der Waals surface area contributed by atoms with E-state index in [1.807, 2.05) is 12.1 Å². The zero-order valence-electron chi connectivity index (χ0n) is 14.8. The number of hydrogen-bond acceptors (Lipinski definition) is 3. The average molecular weight is 350 g/mol. The maximum Gasteiger partial charge on any atom is 0.261 e. The summed E-state index contributed by atoms with van der Waals surface area (Å²) in [7, 11) is 0. The first-order valence-electron chi connectivity index (χ1n) is 8.84. The fourth-order valence-corrected chi connectivity index (χ4v) is 3.16. The molecule has 0 spiro atoms. The lowest BCUT2D eigenvalue weighted by Crippen LogP contribution is -2.32. The Bertz CT molecular complexity index is 810. The Hall–Kier alpha value is -2.95. The van der Waals surface area contributed by atoms with Crippen molar-refractivity contribution in [2.24, 2.45) is 0 Å². The lowest BCUT2D eigenvalue weighted by molar-refractivity contribution is -0.121. The first-order valence-corrected chi connectivity index (χ1v) is 8.84. The molecule has 3 rings (SSSR count). The predicted octanol–water partition coefficient (Wildman–Crippen LogP) is 2.73. The summed E-state index contributed by atoms with van der Waals surface area (Å²) in [5.74, 6) is -0.605. The van der Waals surface area contributed by atoms with E-state index >= 15 is 0 Å². The second-order valence-corrected chi connectivity index (χ2v) is 6.44. The molecule has 5 heteroatoms. The normalized spacial score (nSPS) is 13.0. The van der Waals surface area contributed by atoms with E-state index in [0.29, 0.717) is 30.5 Å². The molecular formula is C21H22N2O3. The van der Waals surface area contributed by atoms with Crippen LogP contribution in [0.5, 0.6) is 0 Å². The fraction of sp³-hybridized carbons (Fsp3) is 0.286. The molecule has 5 nitrogen and oxygen atoms in total. The van der Waals surface area contributed by atoms with Crippen LogP contribution in [0.15, 0.2) is 48.5 Å². The van der Waals surface area contributed by atoms with E-state index in [1.165, 1.54) is 16.0 Å². The Morgan fingerprint density at radius 1 is 0.962 bits per heavy atom. The number of benzene rings is 2. The number of carbonyl (C=O) groups excluding carboxylic acids is 3. The molecule has 2 aromatic rings. The van der Waals surface area contributed by atoms with Crippen LogP contribution in [0.4, 0.5) is 0 Å². The second kappa shape index (κ2) is 7.95. The SMILES string of the molecule is Cc1ccccc1CCNC(=O)CCCN1C(=O)c2ccccc2C1=O. The summed E-state index contributed by atoms with van der Waals surface area (Å²) in [6.07, 6.45) is 1.54. The van der Waals surface area contributed by atoms with E-state index in [-0.39, 0.29) is 24.3 Å². The molecule has 2 aromatic carbocycles. The number of aryl methyl sites for hydroxylation is 1. The molecule has 1 aliphatic rings. The Morgan fingerprint density at radius 3 is 2.23 bits per heavy atom. The van der Waals surface area contributed by atoms with Crippen LogP contribution >= 0.6 is 0 Å². The fourth-order valence-electron chi connectivity index (χ4n) is 3.16. The number of nitrogens with zero attached hydrogens (tertiary/aromatic N) is 1. The van der Waals surface area contributed by atoms with Crippen molar-refractivity contribution in [1.82, 2.24) is 10.2 Å². The second-order valence-electron chi connectivity index (χ2n) is 6.44. The standard InChI is InChI=1S/C21H22N2O3/c1-15-7-2-3-8-16(15)12-13-22-19(24)11-6-14-23-20(25)17-9-4-5-10-18(17)21(23)26/h2-5,7-10H,6,11-14H2,1H3,(H,22,24). The Balaban J connectivity index is 1.41. The van der Waals surface area contributed by atoms with Crippen LogP contribution in [0, 0.1) is 6.92 Å². The lowest BCUT2D eigenvalue weighted by atomic mass is 10.1. The zero-order valence-corrected chi connectivity index (χ0v) is 14.8. The lowest BCUT2D eigenvalue weighted by Gasteiger charge is -2.13. The molecule has 1 heterocycles. The highest BCUT2D eigenvalue weighted by Crippen LogP contribution is 2.22. The van der Waals surface area contributed by atoms with Gasteiger partial charge in [0.15, 0.2) is 0 Å². The maximum atomic E-state index is 12.2. The number of rotatable bonds is 7. The van der Waals surface area contributed by atoms with Gasteiger partial charge in [0, 0.05) is 19.5 Å². The first kappa shape index (κ1) is 17.9. The van der Waals surface area contributed by atoms with Crippen molar-refractivity contribution < 1.29 is 14.4 Å². The van der Waals surface area contributed by atoms with E-state index < -0.39 is 0 Å². The number of amides is 3. The van der Waals surface area contributed by atoms with E-state index in [1.54, 1.807) is 24.3 Å². The number of imide groups is 1. The van der Waals surface area contributed by atoms with Gasteiger partial charge in [0.25, 0.3) is 11.8 Å². The van der Waals surface area contributed by atoms with Crippen LogP contribution in [0.1, 0.15) is 44.7 Å². The molecule has 0 bridgehead atoms. The summed E-state index contributed by atoms with van der Waals surface area (Å²) in [6, 6.07) is 14.9. The third kappa shape index (κ3) is 3.82. The number of fused-ring (bicyclic) bond motifs is 1. The topological polar surface area (TPSA) is 66.5 Å². The van der Waals surface area contributed by atoms with Crippen molar-refractivity contribution in [2.45, 2.75) is 26.2 Å². The number of hydrogen-bond donors (Lipinski definition) is 1. The summed E-state index contributed by atoms with van der Waals surface area (Å²) in [6.45, 7) is 2.90. The molecule has 26 heavy (non-hydrogen) atoms. The molecule has 0 saturated heterocycles. The molecular weight excluding hydrogens is 328 g/mol. The minimum Gasteiger partial charge on any atom is -0.356 e. The highest BCUT2D eigenvalue weighted by molar-refractivity contribution is 6.21. The van der Waals surface area contributed by atoms with Crippen LogP contribution < -0.4 is 5.32 Å². The first-order chi connectivity index (χ1) is 12.6. The minimum absolute atomic E-state index is 0.0600. The molecule has 1 N–H and O–H groups in total. The molecule has 0 fully saturated rings. The molecule has 134 valence electrons. The number of nitrogens with one attached hydrogen (secondary N) is 1. The molecule has 0 aliphatic carbocycles. The van der Waals surface area contributed by atoms with Crippen molar-refractivity contribution in [3.8, 4) is 0 Å². The van der Waals surface area contributed by atoms with Gasteiger partial charge in [-0.05, 0) is 43.0 Å². The van der Waals surface area contributed by atoms with Crippen molar-refractivity contribution in [2.75, 3.05) is 13.1 Å². The van der Waals surface area contributed by atoms with E-state index in [2.05, 4.69) is 24.4 Å². The predicted molar refractivity (Wildman–Crippen MR) is 98.9 cm³/mol. The molecule has 1 aliphatic heterocycles. The Labute approximate surface area is 153 Å². The van der Waals surface area contributed by atoms with Crippen molar-refractivity contribution in [3.63, 3.8) is 0 Å². The van der Waals surface area contributed by atoms with Crippen LogP contribution in [0.25, 0.3) is 0 Å². The van der Waals surface area contributed by atoms with Gasteiger partial charge in [-0.25, -0.2) is 0 Å². The number of carbonyl (C=O) groups is 3. The smallest absolute Gasteiger partial charge is 0.261 e.